The Kier molecular flexibility index (Phi) is 2.84. The third kappa shape index (κ3) is 1.77. The summed E-state index contributed by atoms with van der Waals surface area (Å²) in [5, 5.41) is 0. The molecule has 0 atom stereocenters. The molecule has 4 heteroatoms. The molecule has 0 bridgehead atoms. The molecular formula is C9H10FNO2. The molecule has 1 amide bonds. The number of hydrogen-bond acceptors (Lipinski definition) is 2. The van der Waals surface area contributed by atoms with E-state index in [1.54, 1.807) is 25.1 Å². The highest BCUT2D eigenvalue weighted by Crippen LogP contribution is 2.21. The van der Waals surface area contributed by atoms with Gasteiger partial charge in [0, 0.05) is 0 Å². The molecule has 0 heterocycles. The van der Waals surface area contributed by atoms with E-state index in [1.807, 2.05) is 0 Å². The Morgan fingerprint density at radius 3 is 2.77 bits per heavy atom. The van der Waals surface area contributed by atoms with Gasteiger partial charge in [-0.15, -0.1) is 0 Å². The highest BCUT2D eigenvalue weighted by Gasteiger charge is 2.13. The largest absolute Gasteiger partial charge is 0.496 e. The van der Waals surface area contributed by atoms with E-state index in [-0.39, 0.29) is 5.56 Å². The number of benzene rings is 1. The molecule has 1 aromatic rings. The van der Waals surface area contributed by atoms with E-state index in [9.17, 15) is 9.28 Å². The first kappa shape index (κ1) is 9.51. The third-order valence-corrected chi connectivity index (χ3v) is 1.77. The smallest absolute Gasteiger partial charge is 0.282 e. The van der Waals surface area contributed by atoms with Crippen molar-refractivity contribution < 1.29 is 14.0 Å². The number of hydrogen-bond donors (Lipinski definition) is 1. The Morgan fingerprint density at radius 2 is 2.23 bits per heavy atom. The summed E-state index contributed by atoms with van der Waals surface area (Å²) >= 11 is 0. The van der Waals surface area contributed by atoms with Crippen LogP contribution >= 0.6 is 0 Å². The number of rotatable bonds is 2. The van der Waals surface area contributed by atoms with Crippen molar-refractivity contribution in [3.8, 4) is 5.75 Å². The molecule has 1 rings (SSSR count). The first-order valence-corrected chi connectivity index (χ1v) is 3.75. The van der Waals surface area contributed by atoms with E-state index < -0.39 is 5.91 Å². The molecule has 0 aliphatic carbocycles. The van der Waals surface area contributed by atoms with Crippen LogP contribution in [0.5, 0.6) is 5.75 Å². The van der Waals surface area contributed by atoms with Crippen molar-refractivity contribution in [2.75, 3.05) is 7.11 Å². The quantitative estimate of drug-likeness (QED) is 0.707. The standard InChI is InChI=1S/C9H10FNO2/c1-6-4-3-5-7(13-2)8(6)9(12)11-10/h3-5H,1-2H3,(H,11,12). The van der Waals surface area contributed by atoms with Gasteiger partial charge in [-0.25, -0.2) is 0 Å². The van der Waals surface area contributed by atoms with Crippen LogP contribution in [0.3, 0.4) is 0 Å². The van der Waals surface area contributed by atoms with Crippen molar-refractivity contribution in [3.05, 3.63) is 29.3 Å². The number of aryl methyl sites for hydroxylation is 1. The van der Waals surface area contributed by atoms with Crippen LogP contribution in [0.2, 0.25) is 0 Å². The van der Waals surface area contributed by atoms with Crippen LogP contribution in [-0.2, 0) is 0 Å². The summed E-state index contributed by atoms with van der Waals surface area (Å²) in [7, 11) is 1.43. The first-order chi connectivity index (χ1) is 6.20. The average Bonchev–Trinajstić information content (AvgIpc) is 2.16. The summed E-state index contributed by atoms with van der Waals surface area (Å²) < 4.78 is 16.8. The van der Waals surface area contributed by atoms with E-state index in [1.165, 1.54) is 7.11 Å². The molecular weight excluding hydrogens is 173 g/mol. The number of ether oxygens (including phenoxy) is 1. The van der Waals surface area contributed by atoms with Gasteiger partial charge in [0.2, 0.25) is 0 Å². The van der Waals surface area contributed by atoms with Gasteiger partial charge in [-0.05, 0) is 18.6 Å². The highest BCUT2D eigenvalue weighted by atomic mass is 19.2. The summed E-state index contributed by atoms with van der Waals surface area (Å²) in [6.07, 6.45) is 0. The van der Waals surface area contributed by atoms with Crippen molar-refractivity contribution in [1.29, 1.82) is 0 Å². The molecule has 1 aromatic carbocycles. The van der Waals surface area contributed by atoms with Crippen LogP contribution in [0.4, 0.5) is 4.48 Å². The Bertz CT molecular complexity index is 325. The van der Waals surface area contributed by atoms with Crippen LogP contribution in [0, 0.1) is 6.92 Å². The number of carbonyl (C=O) groups is 1. The minimum atomic E-state index is -0.782. The fourth-order valence-electron chi connectivity index (χ4n) is 1.15. The molecule has 0 radical (unpaired) electrons. The lowest BCUT2D eigenvalue weighted by Gasteiger charge is -2.07. The van der Waals surface area contributed by atoms with Crippen molar-refractivity contribution in [2.24, 2.45) is 0 Å². The van der Waals surface area contributed by atoms with Gasteiger partial charge in [-0.3, -0.25) is 4.79 Å². The van der Waals surface area contributed by atoms with E-state index in [4.69, 9.17) is 4.74 Å². The molecule has 0 fully saturated rings. The van der Waals surface area contributed by atoms with Crippen LogP contribution < -0.4 is 10.3 Å². The SMILES string of the molecule is COc1cccc(C)c1C(=O)NF. The van der Waals surface area contributed by atoms with Crippen molar-refractivity contribution in [3.63, 3.8) is 0 Å². The maximum atomic E-state index is 11.9. The number of halogens is 1. The second kappa shape index (κ2) is 3.89. The van der Waals surface area contributed by atoms with Gasteiger partial charge in [-0.2, -0.15) is 5.54 Å². The van der Waals surface area contributed by atoms with Crippen molar-refractivity contribution >= 4 is 5.91 Å². The van der Waals surface area contributed by atoms with Crippen LogP contribution in [0.15, 0.2) is 18.2 Å². The third-order valence-electron chi connectivity index (χ3n) is 1.77. The van der Waals surface area contributed by atoms with Gasteiger partial charge in [-0.1, -0.05) is 16.6 Å². The Morgan fingerprint density at radius 1 is 1.54 bits per heavy atom. The fourth-order valence-corrected chi connectivity index (χ4v) is 1.15. The van der Waals surface area contributed by atoms with Gasteiger partial charge in [0.25, 0.3) is 5.91 Å². The Labute approximate surface area is 75.5 Å². The zero-order chi connectivity index (χ0) is 9.84. The number of methoxy groups -OCH3 is 1. The molecule has 70 valence electrons. The predicted molar refractivity (Wildman–Crippen MR) is 46.3 cm³/mol. The Hall–Kier alpha value is -1.58. The lowest BCUT2D eigenvalue weighted by molar-refractivity contribution is 0.0855. The maximum Gasteiger partial charge on any atom is 0.282 e. The van der Waals surface area contributed by atoms with E-state index in [0.717, 1.165) is 5.54 Å². The lowest BCUT2D eigenvalue weighted by Crippen LogP contribution is -2.16. The first-order valence-electron chi connectivity index (χ1n) is 3.75. The predicted octanol–water partition coefficient (Wildman–Crippen LogP) is 1.62. The zero-order valence-electron chi connectivity index (χ0n) is 7.43. The second-order valence-electron chi connectivity index (χ2n) is 2.58. The van der Waals surface area contributed by atoms with Crippen molar-refractivity contribution in [1.82, 2.24) is 5.54 Å². The van der Waals surface area contributed by atoms with Gasteiger partial charge >= 0.3 is 0 Å². The molecule has 1 N–H and O–H groups in total. The second-order valence-corrected chi connectivity index (χ2v) is 2.58. The molecule has 0 saturated heterocycles. The molecule has 0 aliphatic heterocycles. The highest BCUT2D eigenvalue weighted by molar-refractivity contribution is 5.97. The summed E-state index contributed by atoms with van der Waals surface area (Å²) in [5.41, 5.74) is 1.98. The normalized spacial score (nSPS) is 9.46. The minimum Gasteiger partial charge on any atom is -0.496 e. The van der Waals surface area contributed by atoms with E-state index >= 15 is 0 Å². The monoisotopic (exact) mass is 183 g/mol. The van der Waals surface area contributed by atoms with Gasteiger partial charge in [0.1, 0.15) is 5.75 Å². The summed E-state index contributed by atoms with van der Waals surface area (Å²) in [4.78, 5) is 11.0. The molecule has 3 nitrogen and oxygen atoms in total. The average molecular weight is 183 g/mol. The maximum absolute atomic E-state index is 11.9. The van der Waals surface area contributed by atoms with E-state index in [2.05, 4.69) is 0 Å². The topological polar surface area (TPSA) is 38.3 Å². The summed E-state index contributed by atoms with van der Waals surface area (Å²) in [6.45, 7) is 1.72. The fraction of sp³-hybridized carbons (Fsp3) is 0.222. The lowest BCUT2D eigenvalue weighted by atomic mass is 10.1. The summed E-state index contributed by atoms with van der Waals surface area (Å²) in [6, 6.07) is 5.06. The minimum absolute atomic E-state index is 0.229. The molecule has 0 spiro atoms. The molecule has 0 saturated carbocycles. The zero-order valence-corrected chi connectivity index (χ0v) is 7.43. The molecule has 0 aromatic heterocycles. The van der Waals surface area contributed by atoms with Crippen LogP contribution in [-0.4, -0.2) is 13.0 Å². The number of carbonyl (C=O) groups excluding carboxylic acids is 1. The molecule has 13 heavy (non-hydrogen) atoms. The van der Waals surface area contributed by atoms with Gasteiger partial charge in [0.15, 0.2) is 0 Å². The molecule has 0 unspecified atom stereocenters. The van der Waals surface area contributed by atoms with Gasteiger partial charge < -0.3 is 4.74 Å². The van der Waals surface area contributed by atoms with Crippen LogP contribution in [0.25, 0.3) is 0 Å². The van der Waals surface area contributed by atoms with Gasteiger partial charge in [0.05, 0.1) is 12.7 Å². The summed E-state index contributed by atoms with van der Waals surface area (Å²) in [5.74, 6) is -0.412. The Balaban J connectivity index is 3.22. The van der Waals surface area contributed by atoms with E-state index in [0.29, 0.717) is 11.3 Å². The van der Waals surface area contributed by atoms with Crippen LogP contribution in [0.1, 0.15) is 15.9 Å². The van der Waals surface area contributed by atoms with Crippen molar-refractivity contribution in [2.45, 2.75) is 6.92 Å². The molecule has 0 aliphatic rings. The number of amides is 1. The number of nitrogens with one attached hydrogen (secondary N) is 1.